The highest BCUT2D eigenvalue weighted by Gasteiger charge is 2.12. The van der Waals surface area contributed by atoms with Crippen molar-refractivity contribution < 1.29 is 9.90 Å². The molecule has 3 N–H and O–H groups in total. The number of carbonyl (C=O) groups is 1. The van der Waals surface area contributed by atoms with Crippen molar-refractivity contribution in [1.82, 2.24) is 9.78 Å². The molecule has 0 spiro atoms. The lowest BCUT2D eigenvalue weighted by molar-refractivity contribution is 0.0690. The predicted molar refractivity (Wildman–Crippen MR) is 64.4 cm³/mol. The molecule has 17 heavy (non-hydrogen) atoms. The van der Waals surface area contributed by atoms with Crippen LogP contribution in [0.1, 0.15) is 21.6 Å². The van der Waals surface area contributed by atoms with E-state index in [2.05, 4.69) is 5.10 Å². The van der Waals surface area contributed by atoms with E-state index in [9.17, 15) is 4.79 Å². The number of nitrogens with two attached hydrogens (primary N) is 1. The molecule has 1 aromatic carbocycles. The fraction of sp³-hybridized carbons (Fsp3) is 0.167. The highest BCUT2D eigenvalue weighted by molar-refractivity contribution is 5.86. The van der Waals surface area contributed by atoms with Gasteiger partial charge < -0.3 is 10.8 Å². The third kappa shape index (κ3) is 2.13. The fourth-order valence-corrected chi connectivity index (χ4v) is 1.78. The van der Waals surface area contributed by atoms with Crippen molar-refractivity contribution in [2.45, 2.75) is 13.8 Å². The summed E-state index contributed by atoms with van der Waals surface area (Å²) >= 11 is 0. The lowest BCUT2D eigenvalue weighted by Gasteiger charge is -2.06. The van der Waals surface area contributed by atoms with E-state index in [1.807, 2.05) is 32.0 Å². The SMILES string of the molecule is Cc1cc(C)cc(-n2nc(C(=O)O)cc2N)c1. The van der Waals surface area contributed by atoms with Crippen LogP contribution in [-0.2, 0) is 0 Å². The number of aromatic carboxylic acids is 1. The fourth-order valence-electron chi connectivity index (χ4n) is 1.78. The minimum absolute atomic E-state index is 0.0540. The Morgan fingerprint density at radius 2 is 1.82 bits per heavy atom. The van der Waals surface area contributed by atoms with Crippen molar-refractivity contribution in [3.05, 3.63) is 41.1 Å². The topological polar surface area (TPSA) is 81.1 Å². The maximum atomic E-state index is 10.8. The van der Waals surface area contributed by atoms with Crippen LogP contribution in [0.15, 0.2) is 24.3 Å². The summed E-state index contributed by atoms with van der Waals surface area (Å²) in [6.07, 6.45) is 0. The molecule has 0 saturated carbocycles. The Balaban J connectivity index is 2.56. The average molecular weight is 231 g/mol. The summed E-state index contributed by atoms with van der Waals surface area (Å²) in [5, 5.41) is 12.8. The lowest BCUT2D eigenvalue weighted by atomic mass is 10.1. The van der Waals surface area contributed by atoms with E-state index < -0.39 is 5.97 Å². The van der Waals surface area contributed by atoms with Gasteiger partial charge in [-0.25, -0.2) is 9.48 Å². The van der Waals surface area contributed by atoms with Crippen LogP contribution >= 0.6 is 0 Å². The molecule has 1 heterocycles. The van der Waals surface area contributed by atoms with E-state index in [4.69, 9.17) is 10.8 Å². The van der Waals surface area contributed by atoms with E-state index in [-0.39, 0.29) is 5.69 Å². The van der Waals surface area contributed by atoms with Gasteiger partial charge in [-0.1, -0.05) is 6.07 Å². The van der Waals surface area contributed by atoms with Gasteiger partial charge in [0.15, 0.2) is 5.69 Å². The third-order valence-electron chi connectivity index (χ3n) is 2.41. The third-order valence-corrected chi connectivity index (χ3v) is 2.41. The molecule has 0 aliphatic carbocycles. The summed E-state index contributed by atoms with van der Waals surface area (Å²) in [4.78, 5) is 10.8. The molecule has 0 unspecified atom stereocenters. The highest BCUT2D eigenvalue weighted by atomic mass is 16.4. The van der Waals surface area contributed by atoms with Crippen LogP contribution in [0.3, 0.4) is 0 Å². The van der Waals surface area contributed by atoms with E-state index >= 15 is 0 Å². The lowest BCUT2D eigenvalue weighted by Crippen LogP contribution is -2.04. The summed E-state index contributed by atoms with van der Waals surface area (Å²) in [5.41, 5.74) is 8.62. The van der Waals surface area contributed by atoms with Crippen LogP contribution in [0.2, 0.25) is 0 Å². The average Bonchev–Trinajstić information content (AvgIpc) is 2.59. The van der Waals surface area contributed by atoms with Crippen molar-refractivity contribution >= 4 is 11.8 Å². The summed E-state index contributed by atoms with van der Waals surface area (Å²) in [7, 11) is 0. The minimum Gasteiger partial charge on any atom is -0.476 e. The first kappa shape index (κ1) is 11.2. The van der Waals surface area contributed by atoms with Gasteiger partial charge in [-0.3, -0.25) is 0 Å². The summed E-state index contributed by atoms with van der Waals surface area (Å²) in [5.74, 6) is -0.771. The molecule has 2 aromatic rings. The number of nitrogen functional groups attached to an aromatic ring is 1. The number of carboxylic acids is 1. The second-order valence-electron chi connectivity index (χ2n) is 4.02. The van der Waals surface area contributed by atoms with Crippen LogP contribution in [0.4, 0.5) is 5.82 Å². The molecular weight excluding hydrogens is 218 g/mol. The molecule has 2 rings (SSSR count). The first-order valence-electron chi connectivity index (χ1n) is 5.15. The molecular formula is C12H13N3O2. The number of hydrogen-bond donors (Lipinski definition) is 2. The zero-order valence-electron chi connectivity index (χ0n) is 9.64. The van der Waals surface area contributed by atoms with Crippen LogP contribution in [0, 0.1) is 13.8 Å². The van der Waals surface area contributed by atoms with Gasteiger partial charge in [-0.2, -0.15) is 5.10 Å². The smallest absolute Gasteiger partial charge is 0.356 e. The van der Waals surface area contributed by atoms with Gasteiger partial charge in [0.1, 0.15) is 5.82 Å². The van der Waals surface area contributed by atoms with E-state index in [0.717, 1.165) is 16.8 Å². The maximum Gasteiger partial charge on any atom is 0.356 e. The molecule has 0 saturated heterocycles. The number of nitrogens with zero attached hydrogens (tertiary/aromatic N) is 2. The Morgan fingerprint density at radius 1 is 1.24 bits per heavy atom. The first-order valence-corrected chi connectivity index (χ1v) is 5.15. The van der Waals surface area contributed by atoms with Gasteiger partial charge in [0, 0.05) is 6.07 Å². The number of aromatic nitrogens is 2. The number of hydrogen-bond acceptors (Lipinski definition) is 3. The van der Waals surface area contributed by atoms with E-state index in [0.29, 0.717) is 5.82 Å². The Bertz CT molecular complexity index is 567. The highest BCUT2D eigenvalue weighted by Crippen LogP contribution is 2.17. The standard InChI is InChI=1S/C12H13N3O2/c1-7-3-8(2)5-9(4-7)15-11(13)6-10(14-15)12(16)17/h3-6H,13H2,1-2H3,(H,16,17). The number of anilines is 1. The van der Waals surface area contributed by atoms with E-state index in [1.54, 1.807) is 0 Å². The van der Waals surface area contributed by atoms with Crippen LogP contribution < -0.4 is 5.73 Å². The first-order chi connectivity index (χ1) is 7.97. The van der Waals surface area contributed by atoms with Crippen molar-refractivity contribution in [3.8, 4) is 5.69 Å². The van der Waals surface area contributed by atoms with Crippen LogP contribution in [0.5, 0.6) is 0 Å². The summed E-state index contributed by atoms with van der Waals surface area (Å²) in [6, 6.07) is 7.19. The monoisotopic (exact) mass is 231 g/mol. The van der Waals surface area contributed by atoms with Gasteiger partial charge in [0.05, 0.1) is 5.69 Å². The zero-order valence-corrected chi connectivity index (χ0v) is 9.64. The van der Waals surface area contributed by atoms with Crippen molar-refractivity contribution in [1.29, 1.82) is 0 Å². The normalized spacial score (nSPS) is 10.5. The number of rotatable bonds is 2. The van der Waals surface area contributed by atoms with Gasteiger partial charge in [0.25, 0.3) is 0 Å². The number of aryl methyl sites for hydroxylation is 2. The quantitative estimate of drug-likeness (QED) is 0.825. The summed E-state index contributed by atoms with van der Waals surface area (Å²) in [6.45, 7) is 3.93. The van der Waals surface area contributed by atoms with Crippen LogP contribution in [-0.4, -0.2) is 20.9 Å². The van der Waals surface area contributed by atoms with E-state index in [1.165, 1.54) is 10.7 Å². The number of carboxylic acid groups (broad SMARTS) is 1. The van der Waals surface area contributed by atoms with Gasteiger partial charge in [-0.15, -0.1) is 0 Å². The van der Waals surface area contributed by atoms with Crippen molar-refractivity contribution in [3.63, 3.8) is 0 Å². The molecule has 88 valence electrons. The predicted octanol–water partition coefficient (Wildman–Crippen LogP) is 1.77. The van der Waals surface area contributed by atoms with Crippen molar-refractivity contribution in [2.24, 2.45) is 0 Å². The van der Waals surface area contributed by atoms with Crippen molar-refractivity contribution in [2.75, 3.05) is 5.73 Å². The molecule has 0 fully saturated rings. The second kappa shape index (κ2) is 3.93. The molecule has 5 heteroatoms. The molecule has 0 radical (unpaired) electrons. The molecule has 0 aliphatic rings. The van der Waals surface area contributed by atoms with Gasteiger partial charge >= 0.3 is 5.97 Å². The minimum atomic E-state index is -1.08. The Labute approximate surface area is 98.5 Å². The second-order valence-corrected chi connectivity index (χ2v) is 4.02. The Kier molecular flexibility index (Phi) is 2.59. The molecule has 0 bridgehead atoms. The van der Waals surface area contributed by atoms with Gasteiger partial charge in [-0.05, 0) is 37.1 Å². The number of benzene rings is 1. The largest absolute Gasteiger partial charge is 0.476 e. The van der Waals surface area contributed by atoms with Crippen LogP contribution in [0.25, 0.3) is 5.69 Å². The molecule has 0 aliphatic heterocycles. The maximum absolute atomic E-state index is 10.8. The van der Waals surface area contributed by atoms with Gasteiger partial charge in [0.2, 0.25) is 0 Å². The zero-order chi connectivity index (χ0) is 12.6. The Hall–Kier alpha value is -2.30. The molecule has 0 amide bonds. The summed E-state index contributed by atoms with van der Waals surface area (Å²) < 4.78 is 1.43. The molecule has 0 atom stereocenters. The Morgan fingerprint density at radius 3 is 2.29 bits per heavy atom. The molecule has 5 nitrogen and oxygen atoms in total. The molecule has 1 aromatic heterocycles.